The van der Waals surface area contributed by atoms with E-state index in [0.717, 1.165) is 4.47 Å². The van der Waals surface area contributed by atoms with E-state index < -0.39 is 0 Å². The molecule has 0 aromatic heterocycles. The molecule has 2 nitrogen and oxygen atoms in total. The zero-order valence-electron chi connectivity index (χ0n) is 6.66. The van der Waals surface area contributed by atoms with Crippen LogP contribution in [0.5, 0.6) is 0 Å². The van der Waals surface area contributed by atoms with Crippen molar-refractivity contribution in [1.29, 1.82) is 0 Å². The van der Waals surface area contributed by atoms with Crippen LogP contribution in [0.4, 0.5) is 0 Å². The van der Waals surface area contributed by atoms with Crippen molar-refractivity contribution in [1.82, 2.24) is 0 Å². The fraction of sp³-hybridized carbons (Fsp3) is 0.111. The molecule has 1 rings (SSSR count). The first-order chi connectivity index (χ1) is 6.24. The van der Waals surface area contributed by atoms with Gasteiger partial charge in [-0.25, -0.2) is 4.99 Å². The number of thiocarbonyl (C=S) groups is 1. The molecule has 13 heavy (non-hydrogen) atoms. The molecule has 0 bridgehead atoms. The maximum Gasteiger partial charge on any atom is 0.185 e. The number of benzene rings is 1. The van der Waals surface area contributed by atoms with Crippen LogP contribution < -0.4 is 0 Å². The second kappa shape index (κ2) is 5.02. The average molecular weight is 256 g/mol. The summed E-state index contributed by atoms with van der Waals surface area (Å²) >= 11 is 7.65. The van der Waals surface area contributed by atoms with E-state index in [0.29, 0.717) is 5.56 Å². The molecular formula is C9H6BrNOS. The van der Waals surface area contributed by atoms with Gasteiger partial charge in [0, 0.05) is 10.0 Å². The van der Waals surface area contributed by atoms with Crippen molar-refractivity contribution >= 4 is 39.1 Å². The highest BCUT2D eigenvalue weighted by molar-refractivity contribution is 9.10. The third-order valence-corrected chi connectivity index (χ3v) is 2.11. The lowest BCUT2D eigenvalue weighted by atomic mass is 10.1. The minimum absolute atomic E-state index is 0.0511. The van der Waals surface area contributed by atoms with E-state index in [9.17, 15) is 4.79 Å². The molecule has 66 valence electrons. The van der Waals surface area contributed by atoms with Gasteiger partial charge in [0.1, 0.15) is 6.54 Å². The van der Waals surface area contributed by atoms with Gasteiger partial charge in [-0.2, -0.15) is 0 Å². The number of halogens is 1. The molecule has 0 spiro atoms. The third kappa shape index (κ3) is 3.19. The predicted octanol–water partition coefficient (Wildman–Crippen LogP) is 2.73. The second-order valence-electron chi connectivity index (χ2n) is 2.34. The van der Waals surface area contributed by atoms with Crippen molar-refractivity contribution in [2.75, 3.05) is 6.54 Å². The Morgan fingerprint density at radius 2 is 2.08 bits per heavy atom. The van der Waals surface area contributed by atoms with E-state index in [1.54, 1.807) is 12.1 Å². The molecule has 0 saturated carbocycles. The monoisotopic (exact) mass is 255 g/mol. The topological polar surface area (TPSA) is 29.4 Å². The Morgan fingerprint density at radius 1 is 1.46 bits per heavy atom. The Bertz CT molecular complexity index is 354. The summed E-state index contributed by atoms with van der Waals surface area (Å²) in [6.45, 7) is 0.0745. The SMILES string of the molecule is O=C(CN=C=S)c1ccc(Br)cc1. The fourth-order valence-electron chi connectivity index (χ4n) is 0.831. The van der Waals surface area contributed by atoms with Crippen molar-refractivity contribution in [2.45, 2.75) is 0 Å². The number of hydrogen-bond donors (Lipinski definition) is 0. The van der Waals surface area contributed by atoms with Gasteiger partial charge in [-0.05, 0) is 24.4 Å². The number of hydrogen-bond acceptors (Lipinski definition) is 3. The highest BCUT2D eigenvalue weighted by Gasteiger charge is 2.02. The summed E-state index contributed by atoms with van der Waals surface area (Å²) in [7, 11) is 0. The molecule has 0 unspecified atom stereocenters. The summed E-state index contributed by atoms with van der Waals surface area (Å²) in [6, 6.07) is 7.11. The summed E-state index contributed by atoms with van der Waals surface area (Å²) in [4.78, 5) is 14.9. The number of Topliss-reactive ketones (excluding diaryl/α,β-unsaturated/α-hetero) is 1. The summed E-state index contributed by atoms with van der Waals surface area (Å²) in [5, 5.41) is 2.16. The number of isothiocyanates is 1. The smallest absolute Gasteiger partial charge is 0.185 e. The van der Waals surface area contributed by atoms with Crippen LogP contribution >= 0.6 is 28.1 Å². The Kier molecular flexibility index (Phi) is 3.96. The first-order valence-electron chi connectivity index (χ1n) is 3.56. The molecule has 0 heterocycles. The van der Waals surface area contributed by atoms with Gasteiger partial charge in [0.2, 0.25) is 0 Å². The highest BCUT2D eigenvalue weighted by atomic mass is 79.9. The first kappa shape index (κ1) is 10.3. The minimum Gasteiger partial charge on any atom is -0.292 e. The lowest BCUT2D eigenvalue weighted by molar-refractivity contribution is 0.100. The lowest BCUT2D eigenvalue weighted by Gasteiger charge is -1.96. The molecule has 0 N–H and O–H groups in total. The molecule has 0 fully saturated rings. The van der Waals surface area contributed by atoms with E-state index in [1.165, 1.54) is 0 Å². The van der Waals surface area contributed by atoms with Gasteiger partial charge in [-0.3, -0.25) is 4.79 Å². The Hall–Kier alpha value is -0.830. The first-order valence-corrected chi connectivity index (χ1v) is 4.76. The molecule has 0 saturated heterocycles. The van der Waals surface area contributed by atoms with Crippen molar-refractivity contribution < 1.29 is 4.79 Å². The van der Waals surface area contributed by atoms with Crippen LogP contribution in [0, 0.1) is 0 Å². The van der Waals surface area contributed by atoms with E-state index in [4.69, 9.17) is 0 Å². The van der Waals surface area contributed by atoms with Crippen LogP contribution in [0.25, 0.3) is 0 Å². The van der Waals surface area contributed by atoms with E-state index >= 15 is 0 Å². The number of carbonyl (C=O) groups excluding carboxylic acids is 1. The molecular weight excluding hydrogens is 250 g/mol. The van der Waals surface area contributed by atoms with Gasteiger partial charge in [0.15, 0.2) is 5.78 Å². The summed E-state index contributed by atoms with van der Waals surface area (Å²) < 4.78 is 0.947. The summed E-state index contributed by atoms with van der Waals surface area (Å²) in [5.74, 6) is -0.0511. The minimum atomic E-state index is -0.0511. The molecule has 0 radical (unpaired) electrons. The number of rotatable bonds is 3. The maximum absolute atomic E-state index is 11.3. The molecule has 1 aromatic rings. The molecule has 0 amide bonds. The van der Waals surface area contributed by atoms with Crippen LogP contribution in [-0.2, 0) is 0 Å². The number of nitrogens with zero attached hydrogens (tertiary/aromatic N) is 1. The van der Waals surface area contributed by atoms with Crippen molar-refractivity contribution in [3.63, 3.8) is 0 Å². The van der Waals surface area contributed by atoms with E-state index in [-0.39, 0.29) is 12.3 Å². The van der Waals surface area contributed by atoms with Gasteiger partial charge < -0.3 is 0 Å². The number of ketones is 1. The molecule has 0 aliphatic heterocycles. The Morgan fingerprint density at radius 3 is 2.62 bits per heavy atom. The van der Waals surface area contributed by atoms with Gasteiger partial charge >= 0.3 is 0 Å². The normalized spacial score (nSPS) is 9.00. The predicted molar refractivity (Wildman–Crippen MR) is 58.4 cm³/mol. The van der Waals surface area contributed by atoms with Crippen LogP contribution in [0.1, 0.15) is 10.4 Å². The molecule has 0 atom stereocenters. The third-order valence-electron chi connectivity index (χ3n) is 1.45. The summed E-state index contributed by atoms with van der Waals surface area (Å²) in [6.07, 6.45) is 0. The molecule has 0 aliphatic carbocycles. The second-order valence-corrected chi connectivity index (χ2v) is 3.44. The van der Waals surface area contributed by atoms with Crippen LogP contribution in [0.15, 0.2) is 33.7 Å². The van der Waals surface area contributed by atoms with Crippen molar-refractivity contribution in [3.05, 3.63) is 34.3 Å². The van der Waals surface area contributed by atoms with Crippen LogP contribution in [-0.4, -0.2) is 17.5 Å². The largest absolute Gasteiger partial charge is 0.292 e. The molecule has 1 aromatic carbocycles. The zero-order chi connectivity index (χ0) is 9.68. The van der Waals surface area contributed by atoms with E-state index in [2.05, 4.69) is 38.3 Å². The highest BCUT2D eigenvalue weighted by Crippen LogP contribution is 2.10. The van der Waals surface area contributed by atoms with Crippen LogP contribution in [0.3, 0.4) is 0 Å². The van der Waals surface area contributed by atoms with Gasteiger partial charge in [0.05, 0.1) is 5.16 Å². The Labute approximate surface area is 89.8 Å². The zero-order valence-corrected chi connectivity index (χ0v) is 9.06. The van der Waals surface area contributed by atoms with Gasteiger partial charge in [-0.1, -0.05) is 28.1 Å². The molecule has 4 heteroatoms. The lowest BCUT2D eigenvalue weighted by Crippen LogP contribution is -2.02. The van der Waals surface area contributed by atoms with Crippen LogP contribution in [0.2, 0.25) is 0 Å². The number of carbonyl (C=O) groups is 1. The van der Waals surface area contributed by atoms with Crippen molar-refractivity contribution in [3.8, 4) is 0 Å². The Balaban J connectivity index is 2.77. The van der Waals surface area contributed by atoms with Gasteiger partial charge in [-0.15, -0.1) is 0 Å². The fourth-order valence-corrected chi connectivity index (χ4v) is 1.16. The quantitative estimate of drug-likeness (QED) is 0.472. The number of aliphatic imine (C=N–C) groups is 1. The average Bonchev–Trinajstić information content (AvgIpc) is 2.15. The standard InChI is InChI=1S/C9H6BrNOS/c10-8-3-1-7(2-4-8)9(12)5-11-6-13/h1-4H,5H2. The van der Waals surface area contributed by atoms with Gasteiger partial charge in [0.25, 0.3) is 0 Å². The summed E-state index contributed by atoms with van der Waals surface area (Å²) in [5.41, 5.74) is 0.636. The van der Waals surface area contributed by atoms with E-state index in [1.807, 2.05) is 12.1 Å². The maximum atomic E-state index is 11.3. The molecule has 0 aliphatic rings. The van der Waals surface area contributed by atoms with Crippen molar-refractivity contribution in [2.24, 2.45) is 4.99 Å².